The number of aromatic nitrogens is 2. The molecule has 0 aliphatic carbocycles. The van der Waals surface area contributed by atoms with E-state index in [4.69, 9.17) is 0 Å². The second-order valence-corrected chi connectivity index (χ2v) is 6.31. The number of hydrogen-bond acceptors (Lipinski definition) is 5. The van der Waals surface area contributed by atoms with Crippen molar-refractivity contribution in [2.75, 3.05) is 18.4 Å². The number of carbonyl (C=O) groups is 1. The third-order valence-corrected chi connectivity index (χ3v) is 4.52. The van der Waals surface area contributed by atoms with Crippen LogP contribution in [0.15, 0.2) is 42.7 Å². The van der Waals surface area contributed by atoms with Crippen LogP contribution in [0.5, 0.6) is 0 Å². The van der Waals surface area contributed by atoms with Crippen molar-refractivity contribution in [1.82, 2.24) is 14.9 Å². The number of anilines is 1. The van der Waals surface area contributed by atoms with Crippen molar-refractivity contribution in [3.05, 3.63) is 54.1 Å². The van der Waals surface area contributed by atoms with E-state index in [0.29, 0.717) is 31.6 Å². The predicted molar refractivity (Wildman–Crippen MR) is 96.0 cm³/mol. The van der Waals surface area contributed by atoms with Gasteiger partial charge in [-0.15, -0.1) is 0 Å². The van der Waals surface area contributed by atoms with Crippen LogP contribution in [0.2, 0.25) is 0 Å². The van der Waals surface area contributed by atoms with E-state index < -0.39 is 0 Å². The highest BCUT2D eigenvalue weighted by Gasteiger charge is 2.30. The average molecular weight is 340 g/mol. The summed E-state index contributed by atoms with van der Waals surface area (Å²) in [4.78, 5) is 23.6. The minimum absolute atomic E-state index is 0.101. The molecule has 1 aliphatic rings. The number of nitrogens with zero attached hydrogens (tertiary/aromatic N) is 3. The third-order valence-electron chi connectivity index (χ3n) is 4.52. The van der Waals surface area contributed by atoms with Crippen molar-refractivity contribution in [2.45, 2.75) is 38.3 Å². The largest absolute Gasteiger partial charge is 0.393 e. The van der Waals surface area contributed by atoms with Gasteiger partial charge in [0.1, 0.15) is 11.9 Å². The Morgan fingerprint density at radius 2 is 1.88 bits per heavy atom. The molecule has 25 heavy (non-hydrogen) atoms. The Morgan fingerprint density at radius 3 is 2.48 bits per heavy atom. The zero-order valence-electron chi connectivity index (χ0n) is 14.4. The number of aryl methyl sites for hydroxylation is 1. The first-order valence-electron chi connectivity index (χ1n) is 8.76. The molecule has 1 fully saturated rings. The summed E-state index contributed by atoms with van der Waals surface area (Å²) in [6, 6.07) is 9.36. The average Bonchev–Trinajstić information content (AvgIpc) is 2.65. The molecule has 1 aliphatic heterocycles. The molecule has 1 aromatic heterocycles. The van der Waals surface area contributed by atoms with Crippen LogP contribution in [0.25, 0.3) is 0 Å². The van der Waals surface area contributed by atoms with Gasteiger partial charge < -0.3 is 10.4 Å². The molecule has 2 aromatic rings. The maximum atomic E-state index is 13.0. The maximum absolute atomic E-state index is 13.0. The first-order valence-corrected chi connectivity index (χ1v) is 8.76. The first kappa shape index (κ1) is 17.5. The summed E-state index contributed by atoms with van der Waals surface area (Å²) in [5.74, 6) is 0.651. The molecular formula is C19H24N4O2. The van der Waals surface area contributed by atoms with Gasteiger partial charge in [-0.1, -0.05) is 37.3 Å². The lowest BCUT2D eigenvalue weighted by Crippen LogP contribution is -2.43. The molecule has 6 heteroatoms. The summed E-state index contributed by atoms with van der Waals surface area (Å²) >= 11 is 0. The van der Waals surface area contributed by atoms with E-state index in [2.05, 4.69) is 20.2 Å². The van der Waals surface area contributed by atoms with E-state index in [1.165, 1.54) is 0 Å². The van der Waals surface area contributed by atoms with E-state index in [0.717, 1.165) is 17.8 Å². The van der Waals surface area contributed by atoms with Gasteiger partial charge in [-0.25, -0.2) is 9.97 Å². The van der Waals surface area contributed by atoms with Crippen LogP contribution in [0.4, 0.5) is 5.69 Å². The number of benzene rings is 1. The standard InChI is InChI=1S/C19H24N4O2/c1-2-17-20-12-15(13-21-17)22-19(25)18(14-6-4-3-5-7-14)23-10-8-16(24)9-11-23/h3-7,12-13,16,18,24H,2,8-11H2,1H3,(H,22,25)/t18-/m1/s1. The molecule has 0 radical (unpaired) electrons. The number of nitrogens with one attached hydrogen (secondary N) is 1. The van der Waals surface area contributed by atoms with Gasteiger partial charge in [0.15, 0.2) is 0 Å². The Bertz CT molecular complexity index is 682. The number of aliphatic hydroxyl groups is 1. The number of piperidine rings is 1. The fraction of sp³-hybridized carbons (Fsp3) is 0.421. The van der Waals surface area contributed by atoms with Crippen LogP contribution in [0, 0.1) is 0 Å². The lowest BCUT2D eigenvalue weighted by molar-refractivity contribution is -0.122. The van der Waals surface area contributed by atoms with Crippen LogP contribution in [-0.2, 0) is 11.2 Å². The molecule has 1 aromatic carbocycles. The van der Waals surface area contributed by atoms with E-state index in [-0.39, 0.29) is 18.1 Å². The Labute approximate surface area is 147 Å². The second kappa shape index (κ2) is 8.18. The number of amides is 1. The summed E-state index contributed by atoms with van der Waals surface area (Å²) in [7, 11) is 0. The summed E-state index contributed by atoms with van der Waals surface area (Å²) in [6.45, 7) is 3.38. The molecule has 1 amide bonds. The highest BCUT2D eigenvalue weighted by atomic mass is 16.3. The minimum Gasteiger partial charge on any atom is -0.393 e. The molecule has 0 bridgehead atoms. The van der Waals surface area contributed by atoms with Gasteiger partial charge in [-0.3, -0.25) is 9.69 Å². The summed E-state index contributed by atoms with van der Waals surface area (Å²) in [5.41, 5.74) is 1.54. The molecule has 6 nitrogen and oxygen atoms in total. The van der Waals surface area contributed by atoms with Crippen LogP contribution < -0.4 is 5.32 Å². The van der Waals surface area contributed by atoms with Gasteiger partial charge in [0, 0.05) is 19.5 Å². The molecule has 2 heterocycles. The van der Waals surface area contributed by atoms with Crippen molar-refractivity contribution >= 4 is 11.6 Å². The Balaban J connectivity index is 1.79. The van der Waals surface area contributed by atoms with Gasteiger partial charge in [-0.2, -0.15) is 0 Å². The van der Waals surface area contributed by atoms with E-state index >= 15 is 0 Å². The van der Waals surface area contributed by atoms with E-state index in [1.807, 2.05) is 37.3 Å². The zero-order valence-corrected chi connectivity index (χ0v) is 14.4. The molecule has 0 saturated carbocycles. The molecule has 3 rings (SSSR count). The monoisotopic (exact) mass is 340 g/mol. The lowest BCUT2D eigenvalue weighted by Gasteiger charge is -2.35. The van der Waals surface area contributed by atoms with Gasteiger partial charge in [0.05, 0.1) is 24.2 Å². The minimum atomic E-state index is -0.389. The molecule has 0 spiro atoms. The number of hydrogen-bond donors (Lipinski definition) is 2. The quantitative estimate of drug-likeness (QED) is 0.872. The SMILES string of the molecule is CCc1ncc(NC(=O)[C@@H](c2ccccc2)N2CCC(O)CC2)cn1. The summed E-state index contributed by atoms with van der Waals surface area (Å²) < 4.78 is 0. The topological polar surface area (TPSA) is 78.4 Å². The van der Waals surface area contributed by atoms with Crippen LogP contribution in [-0.4, -0.2) is 45.1 Å². The van der Waals surface area contributed by atoms with E-state index in [1.54, 1.807) is 12.4 Å². The maximum Gasteiger partial charge on any atom is 0.246 e. The molecular weight excluding hydrogens is 316 g/mol. The van der Waals surface area contributed by atoms with Gasteiger partial charge in [0.25, 0.3) is 0 Å². The Morgan fingerprint density at radius 1 is 1.24 bits per heavy atom. The number of rotatable bonds is 5. The number of likely N-dealkylation sites (tertiary alicyclic amines) is 1. The Hall–Kier alpha value is -2.31. The fourth-order valence-corrected chi connectivity index (χ4v) is 3.12. The smallest absolute Gasteiger partial charge is 0.246 e. The van der Waals surface area contributed by atoms with Crippen LogP contribution in [0.1, 0.15) is 37.2 Å². The normalized spacial score (nSPS) is 17.2. The van der Waals surface area contributed by atoms with Crippen molar-refractivity contribution in [2.24, 2.45) is 0 Å². The highest BCUT2D eigenvalue weighted by Crippen LogP contribution is 2.26. The van der Waals surface area contributed by atoms with Crippen LogP contribution >= 0.6 is 0 Å². The van der Waals surface area contributed by atoms with Crippen molar-refractivity contribution in [3.63, 3.8) is 0 Å². The van der Waals surface area contributed by atoms with Gasteiger partial charge >= 0.3 is 0 Å². The molecule has 2 N–H and O–H groups in total. The second-order valence-electron chi connectivity index (χ2n) is 6.31. The van der Waals surface area contributed by atoms with Gasteiger partial charge in [-0.05, 0) is 18.4 Å². The molecule has 132 valence electrons. The number of carbonyl (C=O) groups excluding carboxylic acids is 1. The molecule has 1 saturated heterocycles. The van der Waals surface area contributed by atoms with Crippen molar-refractivity contribution in [3.8, 4) is 0 Å². The van der Waals surface area contributed by atoms with Crippen LogP contribution in [0.3, 0.4) is 0 Å². The molecule has 1 atom stereocenters. The third kappa shape index (κ3) is 4.41. The number of aliphatic hydroxyl groups excluding tert-OH is 1. The van der Waals surface area contributed by atoms with Crippen molar-refractivity contribution in [1.29, 1.82) is 0 Å². The summed E-state index contributed by atoms with van der Waals surface area (Å²) in [6.07, 6.45) is 5.15. The van der Waals surface area contributed by atoms with E-state index in [9.17, 15) is 9.90 Å². The van der Waals surface area contributed by atoms with Crippen molar-refractivity contribution < 1.29 is 9.90 Å². The first-order chi connectivity index (χ1) is 12.2. The lowest BCUT2D eigenvalue weighted by atomic mass is 10.00. The summed E-state index contributed by atoms with van der Waals surface area (Å²) in [5, 5.41) is 12.7. The fourth-order valence-electron chi connectivity index (χ4n) is 3.12. The predicted octanol–water partition coefficient (Wildman–Crippen LogP) is 2.18. The zero-order chi connectivity index (χ0) is 17.6. The molecule has 0 unspecified atom stereocenters. The highest BCUT2D eigenvalue weighted by molar-refractivity contribution is 5.95. The van der Waals surface area contributed by atoms with Gasteiger partial charge in [0.2, 0.25) is 5.91 Å². The Kier molecular flexibility index (Phi) is 5.73.